The summed E-state index contributed by atoms with van der Waals surface area (Å²) < 4.78 is 4.19. The van der Waals surface area contributed by atoms with E-state index in [1.165, 1.54) is 16.8 Å². The Morgan fingerprint density at radius 2 is 1.83 bits per heavy atom. The van der Waals surface area contributed by atoms with Crippen LogP contribution in [0, 0.1) is 20.8 Å². The summed E-state index contributed by atoms with van der Waals surface area (Å²) in [6, 6.07) is 18.4. The summed E-state index contributed by atoms with van der Waals surface area (Å²) in [4.78, 5) is 12.8. The average Bonchev–Trinajstić information content (AvgIpc) is 3.24. The van der Waals surface area contributed by atoms with Crippen molar-refractivity contribution < 1.29 is 4.79 Å². The maximum atomic E-state index is 12.8. The van der Waals surface area contributed by atoms with Crippen LogP contribution in [0.25, 0.3) is 10.9 Å². The zero-order chi connectivity index (χ0) is 21.3. The van der Waals surface area contributed by atoms with Gasteiger partial charge in [-0.05, 0) is 63.1 Å². The van der Waals surface area contributed by atoms with Crippen LogP contribution in [-0.2, 0) is 13.1 Å². The van der Waals surface area contributed by atoms with Gasteiger partial charge in [0.1, 0.15) is 0 Å². The number of nitrogens with zero attached hydrogens (tertiary/aromatic N) is 3. The molecule has 0 fully saturated rings. The molecule has 4 aromatic rings. The Bertz CT molecular complexity index is 1190. The van der Waals surface area contributed by atoms with E-state index in [0.29, 0.717) is 12.1 Å². The van der Waals surface area contributed by atoms with Gasteiger partial charge in [0.2, 0.25) is 0 Å². The van der Waals surface area contributed by atoms with Crippen molar-refractivity contribution in [2.24, 2.45) is 0 Å². The molecule has 0 spiro atoms. The third kappa shape index (κ3) is 4.01. The summed E-state index contributed by atoms with van der Waals surface area (Å²) in [5.74, 6) is -0.0545. The lowest BCUT2D eigenvalue weighted by Gasteiger charge is -2.14. The first-order valence-electron chi connectivity index (χ1n) is 10.4. The number of aryl methyl sites for hydroxylation is 2. The number of nitrogens with one attached hydrogen (secondary N) is 1. The summed E-state index contributed by atoms with van der Waals surface area (Å²) in [6.45, 7) is 9.70. The second-order valence-electron chi connectivity index (χ2n) is 8.07. The minimum absolute atomic E-state index is 0.0157. The first-order chi connectivity index (χ1) is 14.4. The molecule has 0 unspecified atom stereocenters. The van der Waals surface area contributed by atoms with E-state index < -0.39 is 0 Å². The van der Waals surface area contributed by atoms with Crippen molar-refractivity contribution in [2.45, 2.75) is 46.8 Å². The molecule has 1 amide bonds. The van der Waals surface area contributed by atoms with Gasteiger partial charge in [-0.2, -0.15) is 5.10 Å². The van der Waals surface area contributed by atoms with Gasteiger partial charge < -0.3 is 9.88 Å². The Kier molecular flexibility index (Phi) is 5.44. The molecule has 4 rings (SSSR count). The number of carbonyl (C=O) groups excluding carboxylic acids is 1. The largest absolute Gasteiger partial charge is 0.348 e. The number of carbonyl (C=O) groups is 1. The Morgan fingerprint density at radius 1 is 1.07 bits per heavy atom. The second kappa shape index (κ2) is 8.19. The number of aromatic nitrogens is 3. The van der Waals surface area contributed by atoms with E-state index in [0.717, 1.165) is 23.1 Å². The molecule has 5 heteroatoms. The van der Waals surface area contributed by atoms with Gasteiger partial charge in [0, 0.05) is 40.9 Å². The van der Waals surface area contributed by atoms with Crippen LogP contribution in [-0.4, -0.2) is 26.3 Å². The minimum Gasteiger partial charge on any atom is -0.348 e. The van der Waals surface area contributed by atoms with E-state index in [4.69, 9.17) is 0 Å². The van der Waals surface area contributed by atoms with Gasteiger partial charge >= 0.3 is 0 Å². The van der Waals surface area contributed by atoms with Gasteiger partial charge in [0.25, 0.3) is 5.91 Å². The lowest BCUT2D eigenvalue weighted by molar-refractivity contribution is 0.0936. The molecule has 0 aliphatic heterocycles. The molecule has 2 aromatic carbocycles. The van der Waals surface area contributed by atoms with Crippen molar-refractivity contribution in [3.63, 3.8) is 0 Å². The fraction of sp³-hybridized carbons (Fsp3) is 0.280. The van der Waals surface area contributed by atoms with E-state index in [-0.39, 0.29) is 11.9 Å². The van der Waals surface area contributed by atoms with Gasteiger partial charge in [-0.3, -0.25) is 9.48 Å². The van der Waals surface area contributed by atoms with Crippen LogP contribution in [0.1, 0.15) is 39.8 Å². The number of hydrogen-bond donors (Lipinski definition) is 1. The zero-order valence-electron chi connectivity index (χ0n) is 18.0. The lowest BCUT2D eigenvalue weighted by atomic mass is 10.1. The fourth-order valence-corrected chi connectivity index (χ4v) is 3.96. The van der Waals surface area contributed by atoms with Gasteiger partial charge in [-0.15, -0.1) is 0 Å². The predicted octanol–water partition coefficient (Wildman–Crippen LogP) is 4.63. The van der Waals surface area contributed by atoms with Crippen LogP contribution >= 0.6 is 0 Å². The standard InChI is InChI=1S/C25H28N4O/c1-17-12-13-28(27-17)15-18(2)26-25(30)22-10-11-24-23(14-22)19(3)20(4)29(24)16-21-8-6-5-7-9-21/h5-14,18H,15-16H2,1-4H3,(H,26,30)/t18-/m1/s1. The highest BCUT2D eigenvalue weighted by atomic mass is 16.1. The number of amides is 1. The molecule has 2 heterocycles. The molecule has 0 aliphatic rings. The van der Waals surface area contributed by atoms with Crippen molar-refractivity contribution in [1.82, 2.24) is 19.7 Å². The quantitative estimate of drug-likeness (QED) is 0.513. The van der Waals surface area contributed by atoms with E-state index in [9.17, 15) is 4.79 Å². The highest BCUT2D eigenvalue weighted by Crippen LogP contribution is 2.27. The van der Waals surface area contributed by atoms with Gasteiger partial charge in [-0.25, -0.2) is 0 Å². The molecule has 0 aliphatic carbocycles. The van der Waals surface area contributed by atoms with Gasteiger partial charge in [0.05, 0.1) is 12.2 Å². The minimum atomic E-state index is -0.0545. The van der Waals surface area contributed by atoms with Crippen molar-refractivity contribution >= 4 is 16.8 Å². The molecule has 0 bridgehead atoms. The normalized spacial score (nSPS) is 12.3. The van der Waals surface area contributed by atoms with E-state index in [2.05, 4.69) is 59.2 Å². The molecule has 0 saturated heterocycles. The van der Waals surface area contributed by atoms with Crippen LogP contribution in [0.4, 0.5) is 0 Å². The molecule has 30 heavy (non-hydrogen) atoms. The molecule has 1 atom stereocenters. The van der Waals surface area contributed by atoms with Crippen LogP contribution in [0.2, 0.25) is 0 Å². The molecule has 154 valence electrons. The van der Waals surface area contributed by atoms with Crippen molar-refractivity contribution in [3.05, 3.63) is 88.9 Å². The SMILES string of the molecule is Cc1ccn(C[C@@H](C)NC(=O)c2ccc3c(c2)c(C)c(C)n3Cc2ccccc2)n1. The molecular formula is C25H28N4O. The molecule has 2 aromatic heterocycles. The molecule has 1 N–H and O–H groups in total. The number of rotatable bonds is 6. The highest BCUT2D eigenvalue weighted by Gasteiger charge is 2.16. The first kappa shape index (κ1) is 20.0. The predicted molar refractivity (Wildman–Crippen MR) is 121 cm³/mol. The Labute approximate surface area is 177 Å². The highest BCUT2D eigenvalue weighted by molar-refractivity contribution is 5.99. The summed E-state index contributed by atoms with van der Waals surface area (Å²) >= 11 is 0. The molecular weight excluding hydrogens is 372 g/mol. The van der Waals surface area contributed by atoms with Gasteiger partial charge in [-0.1, -0.05) is 30.3 Å². The summed E-state index contributed by atoms with van der Waals surface area (Å²) in [7, 11) is 0. The Balaban J connectivity index is 1.55. The van der Waals surface area contributed by atoms with Crippen LogP contribution < -0.4 is 5.32 Å². The van der Waals surface area contributed by atoms with Crippen molar-refractivity contribution in [2.75, 3.05) is 0 Å². The lowest BCUT2D eigenvalue weighted by Crippen LogP contribution is -2.35. The third-order valence-electron chi connectivity index (χ3n) is 5.70. The van der Waals surface area contributed by atoms with Crippen LogP contribution in [0.3, 0.4) is 0 Å². The number of hydrogen-bond acceptors (Lipinski definition) is 2. The second-order valence-corrected chi connectivity index (χ2v) is 8.07. The Hall–Kier alpha value is -3.34. The van der Waals surface area contributed by atoms with Gasteiger partial charge in [0.15, 0.2) is 0 Å². The molecule has 5 nitrogen and oxygen atoms in total. The summed E-state index contributed by atoms with van der Waals surface area (Å²) in [5.41, 5.74) is 6.53. The van der Waals surface area contributed by atoms with E-state index >= 15 is 0 Å². The monoisotopic (exact) mass is 400 g/mol. The maximum absolute atomic E-state index is 12.8. The maximum Gasteiger partial charge on any atom is 0.251 e. The fourth-order valence-electron chi connectivity index (χ4n) is 3.96. The number of benzene rings is 2. The van der Waals surface area contributed by atoms with Crippen LogP contribution in [0.15, 0.2) is 60.8 Å². The van der Waals surface area contributed by atoms with Crippen molar-refractivity contribution in [3.8, 4) is 0 Å². The summed E-state index contributed by atoms with van der Waals surface area (Å²) in [5, 5.41) is 8.62. The first-order valence-corrected chi connectivity index (χ1v) is 10.4. The topological polar surface area (TPSA) is 51.9 Å². The van der Waals surface area contributed by atoms with Crippen LogP contribution in [0.5, 0.6) is 0 Å². The van der Waals surface area contributed by atoms with E-state index in [1.807, 2.05) is 49.0 Å². The molecule has 0 saturated carbocycles. The third-order valence-corrected chi connectivity index (χ3v) is 5.70. The van der Waals surface area contributed by atoms with E-state index in [1.54, 1.807) is 0 Å². The average molecular weight is 401 g/mol. The number of fused-ring (bicyclic) bond motifs is 1. The molecule has 0 radical (unpaired) electrons. The summed E-state index contributed by atoms with van der Waals surface area (Å²) in [6.07, 6.45) is 1.94. The van der Waals surface area contributed by atoms with Crippen molar-refractivity contribution in [1.29, 1.82) is 0 Å². The zero-order valence-corrected chi connectivity index (χ0v) is 18.0. The smallest absolute Gasteiger partial charge is 0.251 e. The Morgan fingerprint density at radius 3 is 2.53 bits per heavy atom.